The van der Waals surface area contributed by atoms with Crippen LogP contribution in [-0.2, 0) is 12.8 Å². The maximum atomic E-state index is 12.5. The number of hydrogen-bond donors (Lipinski definition) is 3. The quantitative estimate of drug-likeness (QED) is 0.786. The molecule has 1 aliphatic rings. The molecule has 6 heteroatoms. The molecule has 4 N–H and O–H groups in total. The van der Waals surface area contributed by atoms with E-state index < -0.39 is 0 Å². The van der Waals surface area contributed by atoms with Crippen LogP contribution in [0, 0.1) is 0 Å². The lowest BCUT2D eigenvalue weighted by Crippen LogP contribution is -2.29. The zero-order valence-electron chi connectivity index (χ0n) is 12.7. The summed E-state index contributed by atoms with van der Waals surface area (Å²) in [6.45, 7) is 0.778. The number of thiophene rings is 1. The molecule has 23 heavy (non-hydrogen) atoms. The van der Waals surface area contributed by atoms with Crippen molar-refractivity contribution < 1.29 is 9.59 Å². The Labute approximate surface area is 138 Å². The van der Waals surface area contributed by atoms with Crippen molar-refractivity contribution in [1.82, 2.24) is 5.32 Å². The van der Waals surface area contributed by atoms with Crippen LogP contribution in [0.1, 0.15) is 36.9 Å². The highest BCUT2D eigenvalue weighted by Crippen LogP contribution is 2.31. The number of carbonyl (C=O) groups is 2. The molecule has 2 aromatic rings. The summed E-state index contributed by atoms with van der Waals surface area (Å²) in [7, 11) is 0. The Morgan fingerprint density at radius 2 is 2.00 bits per heavy atom. The van der Waals surface area contributed by atoms with Gasteiger partial charge in [-0.2, -0.15) is 0 Å². The van der Waals surface area contributed by atoms with E-state index in [0.29, 0.717) is 29.2 Å². The molecule has 5 nitrogen and oxygen atoms in total. The molecular weight excluding hydrogens is 310 g/mol. The zero-order chi connectivity index (χ0) is 16.2. The molecule has 3 rings (SSSR count). The molecule has 0 unspecified atom stereocenters. The van der Waals surface area contributed by atoms with Gasteiger partial charge in [-0.05, 0) is 43.0 Å². The van der Waals surface area contributed by atoms with E-state index in [9.17, 15) is 9.59 Å². The number of benzene rings is 1. The molecule has 1 aromatic carbocycles. The van der Waals surface area contributed by atoms with Crippen LogP contribution >= 0.6 is 11.3 Å². The SMILES string of the molecule is NCCNC(=O)c1ccccc1NC(=O)c1cc2c(s1)CCC2. The molecule has 0 fully saturated rings. The van der Waals surface area contributed by atoms with E-state index in [0.717, 1.165) is 12.8 Å². The van der Waals surface area contributed by atoms with Crippen LogP contribution < -0.4 is 16.4 Å². The molecule has 0 bridgehead atoms. The lowest BCUT2D eigenvalue weighted by Gasteiger charge is -2.10. The van der Waals surface area contributed by atoms with Gasteiger partial charge in [-0.25, -0.2) is 0 Å². The molecule has 0 saturated heterocycles. The van der Waals surface area contributed by atoms with Crippen molar-refractivity contribution >= 4 is 28.8 Å². The normalized spacial score (nSPS) is 12.7. The van der Waals surface area contributed by atoms with Gasteiger partial charge < -0.3 is 16.4 Å². The standard InChI is InChI=1S/C17H19N3O2S/c18-8-9-19-16(21)12-5-1-2-6-13(12)20-17(22)15-10-11-4-3-7-14(11)23-15/h1-2,5-6,10H,3-4,7-9,18H2,(H,19,21)(H,20,22). The Morgan fingerprint density at radius 1 is 1.17 bits per heavy atom. The molecule has 0 aliphatic heterocycles. The maximum absolute atomic E-state index is 12.5. The molecule has 1 heterocycles. The van der Waals surface area contributed by atoms with Gasteiger partial charge in [0.25, 0.3) is 11.8 Å². The molecule has 0 spiro atoms. The van der Waals surface area contributed by atoms with Gasteiger partial charge in [-0.15, -0.1) is 11.3 Å². The highest BCUT2D eigenvalue weighted by atomic mass is 32.1. The molecule has 0 atom stereocenters. The molecule has 0 radical (unpaired) electrons. The van der Waals surface area contributed by atoms with Gasteiger partial charge in [0.1, 0.15) is 0 Å². The van der Waals surface area contributed by atoms with Gasteiger partial charge in [0.2, 0.25) is 0 Å². The van der Waals surface area contributed by atoms with Gasteiger partial charge in [0.15, 0.2) is 0 Å². The van der Waals surface area contributed by atoms with Crippen LogP contribution in [-0.4, -0.2) is 24.9 Å². The van der Waals surface area contributed by atoms with Crippen LogP contribution in [0.15, 0.2) is 30.3 Å². The van der Waals surface area contributed by atoms with E-state index in [-0.39, 0.29) is 11.8 Å². The second-order valence-electron chi connectivity index (χ2n) is 5.46. The first-order chi connectivity index (χ1) is 11.2. The fraction of sp³-hybridized carbons (Fsp3) is 0.294. The Bertz CT molecular complexity index is 718. The van der Waals surface area contributed by atoms with Crippen molar-refractivity contribution in [3.05, 3.63) is 51.2 Å². The van der Waals surface area contributed by atoms with Crippen LogP contribution in [0.2, 0.25) is 0 Å². The molecule has 1 aromatic heterocycles. The lowest BCUT2D eigenvalue weighted by molar-refractivity contribution is 0.0955. The smallest absolute Gasteiger partial charge is 0.265 e. The van der Waals surface area contributed by atoms with Crippen LogP contribution in [0.3, 0.4) is 0 Å². The lowest BCUT2D eigenvalue weighted by atomic mass is 10.1. The van der Waals surface area contributed by atoms with Crippen molar-refractivity contribution in [3.63, 3.8) is 0 Å². The summed E-state index contributed by atoms with van der Waals surface area (Å²) in [4.78, 5) is 26.6. The third-order valence-corrected chi connectivity index (χ3v) is 5.06. The molecular formula is C17H19N3O2S. The summed E-state index contributed by atoms with van der Waals surface area (Å²) < 4.78 is 0. The van der Waals surface area contributed by atoms with Gasteiger partial charge in [-0.3, -0.25) is 9.59 Å². The molecule has 1 aliphatic carbocycles. The van der Waals surface area contributed by atoms with Crippen molar-refractivity contribution in [3.8, 4) is 0 Å². The van der Waals surface area contributed by atoms with Crippen molar-refractivity contribution in [2.45, 2.75) is 19.3 Å². The summed E-state index contributed by atoms with van der Waals surface area (Å²) in [5, 5.41) is 5.57. The molecule has 120 valence electrons. The Kier molecular flexibility index (Phi) is 4.73. The minimum Gasteiger partial charge on any atom is -0.351 e. The van der Waals surface area contributed by atoms with E-state index in [1.54, 1.807) is 35.6 Å². The largest absolute Gasteiger partial charge is 0.351 e. The summed E-state index contributed by atoms with van der Waals surface area (Å²) in [6.07, 6.45) is 3.29. The predicted molar refractivity (Wildman–Crippen MR) is 92.1 cm³/mol. The second-order valence-corrected chi connectivity index (χ2v) is 6.59. The Balaban J connectivity index is 1.76. The minimum absolute atomic E-state index is 0.163. The Morgan fingerprint density at radius 3 is 2.78 bits per heavy atom. The third kappa shape index (κ3) is 3.43. The fourth-order valence-electron chi connectivity index (χ4n) is 2.70. The monoisotopic (exact) mass is 329 g/mol. The molecule has 2 amide bonds. The first-order valence-electron chi connectivity index (χ1n) is 7.69. The first kappa shape index (κ1) is 15.7. The number of hydrogen-bond acceptors (Lipinski definition) is 4. The summed E-state index contributed by atoms with van der Waals surface area (Å²) in [5.41, 5.74) is 7.65. The number of carbonyl (C=O) groups excluding carboxylic acids is 2. The van der Waals surface area contributed by atoms with Gasteiger partial charge in [0, 0.05) is 18.0 Å². The van der Waals surface area contributed by atoms with E-state index in [1.165, 1.54) is 16.9 Å². The second kappa shape index (κ2) is 6.93. The fourth-order valence-corrected chi connectivity index (χ4v) is 3.84. The van der Waals surface area contributed by atoms with Crippen LogP contribution in [0.4, 0.5) is 5.69 Å². The van der Waals surface area contributed by atoms with Crippen LogP contribution in [0.5, 0.6) is 0 Å². The van der Waals surface area contributed by atoms with E-state index in [4.69, 9.17) is 5.73 Å². The first-order valence-corrected chi connectivity index (χ1v) is 8.51. The highest BCUT2D eigenvalue weighted by Gasteiger charge is 2.19. The van der Waals surface area contributed by atoms with Gasteiger partial charge in [0.05, 0.1) is 16.1 Å². The number of fused-ring (bicyclic) bond motifs is 1. The van der Waals surface area contributed by atoms with Gasteiger partial charge in [-0.1, -0.05) is 12.1 Å². The van der Waals surface area contributed by atoms with E-state index >= 15 is 0 Å². The number of nitrogens with one attached hydrogen (secondary N) is 2. The van der Waals surface area contributed by atoms with Gasteiger partial charge >= 0.3 is 0 Å². The Hall–Kier alpha value is -2.18. The summed E-state index contributed by atoms with van der Waals surface area (Å²) in [6, 6.07) is 8.96. The van der Waals surface area contributed by atoms with Crippen molar-refractivity contribution in [1.29, 1.82) is 0 Å². The van der Waals surface area contributed by atoms with Crippen LogP contribution in [0.25, 0.3) is 0 Å². The number of amides is 2. The average Bonchev–Trinajstić information content (AvgIpc) is 3.14. The average molecular weight is 329 g/mol. The minimum atomic E-state index is -0.236. The molecule has 0 saturated carbocycles. The maximum Gasteiger partial charge on any atom is 0.265 e. The van der Waals surface area contributed by atoms with E-state index in [1.807, 2.05) is 6.07 Å². The number of rotatable bonds is 5. The number of para-hydroxylation sites is 1. The third-order valence-electron chi connectivity index (χ3n) is 3.82. The number of anilines is 1. The number of aryl methyl sites for hydroxylation is 2. The predicted octanol–water partition coefficient (Wildman–Crippen LogP) is 2.18. The summed E-state index contributed by atoms with van der Waals surface area (Å²) >= 11 is 1.55. The van der Waals surface area contributed by atoms with E-state index in [2.05, 4.69) is 10.6 Å². The zero-order valence-corrected chi connectivity index (χ0v) is 13.5. The topological polar surface area (TPSA) is 84.2 Å². The van der Waals surface area contributed by atoms with Crippen molar-refractivity contribution in [2.75, 3.05) is 18.4 Å². The summed E-state index contributed by atoms with van der Waals surface area (Å²) in [5.74, 6) is -0.400. The van der Waals surface area contributed by atoms with Crippen molar-refractivity contribution in [2.24, 2.45) is 5.73 Å². The highest BCUT2D eigenvalue weighted by molar-refractivity contribution is 7.14. The number of nitrogens with two attached hydrogens (primary N) is 1.